The maximum Gasteiger partial charge on any atom is 0.126 e. The summed E-state index contributed by atoms with van der Waals surface area (Å²) in [6.07, 6.45) is 0.389. The largest absolute Gasteiger partial charge is 0.393 e. The highest BCUT2D eigenvalue weighted by atomic mass is 19.1. The van der Waals surface area contributed by atoms with Gasteiger partial charge >= 0.3 is 0 Å². The summed E-state index contributed by atoms with van der Waals surface area (Å²) >= 11 is 0. The van der Waals surface area contributed by atoms with Crippen molar-refractivity contribution in [2.45, 2.75) is 26.4 Å². The van der Waals surface area contributed by atoms with Crippen molar-refractivity contribution in [2.75, 3.05) is 11.9 Å². The summed E-state index contributed by atoms with van der Waals surface area (Å²) in [6.45, 7) is 4.18. The molecule has 0 amide bonds. The van der Waals surface area contributed by atoms with Crippen LogP contribution >= 0.6 is 0 Å². The maximum absolute atomic E-state index is 12.9. The first-order valence-electron chi connectivity index (χ1n) is 4.77. The van der Waals surface area contributed by atoms with E-state index in [1.54, 1.807) is 26.0 Å². The molecule has 14 heavy (non-hydrogen) atoms. The Labute approximate surface area is 83.8 Å². The Hall–Kier alpha value is -1.09. The van der Waals surface area contributed by atoms with Crippen molar-refractivity contribution in [1.29, 1.82) is 0 Å². The van der Waals surface area contributed by atoms with Gasteiger partial charge in [-0.15, -0.1) is 0 Å². The summed E-state index contributed by atoms with van der Waals surface area (Å²) in [6, 6.07) is 4.90. The van der Waals surface area contributed by atoms with Crippen LogP contribution in [-0.4, -0.2) is 17.8 Å². The van der Waals surface area contributed by atoms with Crippen LogP contribution < -0.4 is 5.32 Å². The summed E-state index contributed by atoms with van der Waals surface area (Å²) in [7, 11) is 0. The van der Waals surface area contributed by atoms with Gasteiger partial charge in [0.1, 0.15) is 5.82 Å². The second kappa shape index (κ2) is 4.96. The Kier molecular flexibility index (Phi) is 3.89. The molecule has 1 aromatic carbocycles. The van der Waals surface area contributed by atoms with Gasteiger partial charge in [0.2, 0.25) is 0 Å². The Morgan fingerprint density at radius 2 is 2.21 bits per heavy atom. The zero-order valence-corrected chi connectivity index (χ0v) is 8.55. The molecule has 0 aliphatic carbocycles. The number of hydrogen-bond acceptors (Lipinski definition) is 2. The van der Waals surface area contributed by atoms with Crippen molar-refractivity contribution in [3.63, 3.8) is 0 Å². The smallest absolute Gasteiger partial charge is 0.126 e. The van der Waals surface area contributed by atoms with Crippen molar-refractivity contribution in [3.05, 3.63) is 29.6 Å². The number of aliphatic hydroxyl groups excluding tert-OH is 1. The van der Waals surface area contributed by atoms with E-state index >= 15 is 0 Å². The number of nitrogens with one attached hydrogen (secondary N) is 1. The van der Waals surface area contributed by atoms with Crippen molar-refractivity contribution >= 4 is 5.69 Å². The molecule has 0 bridgehead atoms. The summed E-state index contributed by atoms with van der Waals surface area (Å²) in [4.78, 5) is 0. The van der Waals surface area contributed by atoms with E-state index in [-0.39, 0.29) is 11.9 Å². The molecule has 78 valence electrons. The highest BCUT2D eigenvalue weighted by molar-refractivity contribution is 5.45. The third-order valence-corrected chi connectivity index (χ3v) is 2.05. The monoisotopic (exact) mass is 197 g/mol. The molecule has 0 radical (unpaired) electrons. The molecule has 0 saturated carbocycles. The third kappa shape index (κ3) is 3.34. The SMILES string of the molecule is Cc1cc(NCCC(C)O)ccc1F. The van der Waals surface area contributed by atoms with Crippen LogP contribution in [0.1, 0.15) is 18.9 Å². The molecule has 2 nitrogen and oxygen atoms in total. The molecule has 0 heterocycles. The molecule has 1 aromatic rings. The fourth-order valence-electron chi connectivity index (χ4n) is 1.18. The van der Waals surface area contributed by atoms with Crippen LogP contribution in [0.4, 0.5) is 10.1 Å². The lowest BCUT2D eigenvalue weighted by molar-refractivity contribution is 0.189. The maximum atomic E-state index is 12.9. The van der Waals surface area contributed by atoms with Crippen LogP contribution in [0.2, 0.25) is 0 Å². The van der Waals surface area contributed by atoms with Gasteiger partial charge in [0.15, 0.2) is 0 Å². The summed E-state index contributed by atoms with van der Waals surface area (Å²) < 4.78 is 12.9. The van der Waals surface area contributed by atoms with Crippen molar-refractivity contribution in [1.82, 2.24) is 0 Å². The lowest BCUT2D eigenvalue weighted by Crippen LogP contribution is -2.09. The quantitative estimate of drug-likeness (QED) is 0.776. The van der Waals surface area contributed by atoms with Gasteiger partial charge in [0.05, 0.1) is 6.10 Å². The van der Waals surface area contributed by atoms with Crippen LogP contribution in [0.3, 0.4) is 0 Å². The Morgan fingerprint density at radius 3 is 2.79 bits per heavy atom. The molecule has 0 aliphatic heterocycles. The summed E-state index contributed by atoms with van der Waals surface area (Å²) in [5, 5.41) is 12.1. The molecular weight excluding hydrogens is 181 g/mol. The number of anilines is 1. The summed E-state index contributed by atoms with van der Waals surface area (Å²) in [5.74, 6) is -0.189. The lowest BCUT2D eigenvalue weighted by Gasteiger charge is -2.08. The molecule has 0 aliphatic rings. The number of aryl methyl sites for hydroxylation is 1. The van der Waals surface area contributed by atoms with Crippen LogP contribution in [-0.2, 0) is 0 Å². The first kappa shape index (κ1) is 11.0. The van der Waals surface area contributed by atoms with E-state index in [1.165, 1.54) is 6.07 Å². The van der Waals surface area contributed by atoms with E-state index in [1.807, 2.05) is 0 Å². The zero-order chi connectivity index (χ0) is 10.6. The minimum Gasteiger partial charge on any atom is -0.393 e. The molecule has 1 unspecified atom stereocenters. The predicted octanol–water partition coefficient (Wildman–Crippen LogP) is 2.32. The molecular formula is C11H16FNO. The average molecular weight is 197 g/mol. The van der Waals surface area contributed by atoms with Crippen LogP contribution in [0, 0.1) is 12.7 Å². The molecule has 1 rings (SSSR count). The average Bonchev–Trinajstić information content (AvgIpc) is 2.10. The second-order valence-electron chi connectivity index (χ2n) is 3.53. The number of halogens is 1. The van der Waals surface area contributed by atoms with Gasteiger partial charge < -0.3 is 10.4 Å². The first-order valence-corrected chi connectivity index (χ1v) is 4.77. The van der Waals surface area contributed by atoms with Gasteiger partial charge in [0.25, 0.3) is 0 Å². The molecule has 0 fully saturated rings. The van der Waals surface area contributed by atoms with Crippen molar-refractivity contribution in [2.24, 2.45) is 0 Å². The van der Waals surface area contributed by atoms with Crippen LogP contribution in [0.25, 0.3) is 0 Å². The van der Waals surface area contributed by atoms with E-state index in [0.717, 1.165) is 5.69 Å². The van der Waals surface area contributed by atoms with Gasteiger partial charge in [-0.2, -0.15) is 0 Å². The highest BCUT2D eigenvalue weighted by Gasteiger charge is 1.99. The zero-order valence-electron chi connectivity index (χ0n) is 8.55. The van der Waals surface area contributed by atoms with Gasteiger partial charge in [-0.25, -0.2) is 4.39 Å². The van der Waals surface area contributed by atoms with Gasteiger partial charge in [-0.1, -0.05) is 0 Å². The Morgan fingerprint density at radius 1 is 1.50 bits per heavy atom. The van der Waals surface area contributed by atoms with Crippen molar-refractivity contribution in [3.8, 4) is 0 Å². The highest BCUT2D eigenvalue weighted by Crippen LogP contribution is 2.13. The van der Waals surface area contributed by atoms with Crippen molar-refractivity contribution < 1.29 is 9.50 Å². The number of benzene rings is 1. The second-order valence-corrected chi connectivity index (χ2v) is 3.53. The summed E-state index contributed by atoms with van der Waals surface area (Å²) in [5.41, 5.74) is 1.52. The third-order valence-electron chi connectivity index (χ3n) is 2.05. The molecule has 3 heteroatoms. The normalized spacial score (nSPS) is 12.6. The predicted molar refractivity (Wildman–Crippen MR) is 55.9 cm³/mol. The fraction of sp³-hybridized carbons (Fsp3) is 0.455. The topological polar surface area (TPSA) is 32.3 Å². The molecule has 2 N–H and O–H groups in total. The van der Waals surface area contributed by atoms with Crippen LogP contribution in [0.15, 0.2) is 18.2 Å². The van der Waals surface area contributed by atoms with Gasteiger partial charge in [0, 0.05) is 12.2 Å². The van der Waals surface area contributed by atoms with E-state index in [4.69, 9.17) is 5.11 Å². The number of aliphatic hydroxyl groups is 1. The van der Waals surface area contributed by atoms with E-state index < -0.39 is 0 Å². The molecule has 0 spiro atoms. The van der Waals surface area contributed by atoms with E-state index in [0.29, 0.717) is 18.5 Å². The van der Waals surface area contributed by atoms with Crippen LogP contribution in [0.5, 0.6) is 0 Å². The standard InChI is InChI=1S/C11H16FNO/c1-8-7-10(3-4-11(8)12)13-6-5-9(2)14/h3-4,7,9,13-14H,5-6H2,1-2H3. The van der Waals surface area contributed by atoms with E-state index in [9.17, 15) is 4.39 Å². The first-order chi connectivity index (χ1) is 6.59. The minimum absolute atomic E-state index is 0.189. The van der Waals surface area contributed by atoms with Gasteiger partial charge in [-0.3, -0.25) is 0 Å². The lowest BCUT2D eigenvalue weighted by atomic mass is 10.2. The minimum atomic E-state index is -0.302. The van der Waals surface area contributed by atoms with Gasteiger partial charge in [-0.05, 0) is 44.0 Å². The number of hydrogen-bond donors (Lipinski definition) is 2. The Bertz CT molecular complexity index is 299. The molecule has 1 atom stereocenters. The molecule has 0 aromatic heterocycles. The number of rotatable bonds is 4. The fourth-order valence-corrected chi connectivity index (χ4v) is 1.18. The molecule has 0 saturated heterocycles. The Balaban J connectivity index is 2.47. The van der Waals surface area contributed by atoms with E-state index in [2.05, 4.69) is 5.32 Å².